The first-order chi connectivity index (χ1) is 28.7. The second-order valence-corrected chi connectivity index (χ2v) is 16.3. The van der Waals surface area contributed by atoms with E-state index in [1.54, 1.807) is 38.1 Å². The topological polar surface area (TPSA) is 323 Å². The van der Waals surface area contributed by atoms with Gasteiger partial charge >= 0.3 is 71.6 Å². The van der Waals surface area contributed by atoms with Crippen LogP contribution >= 0.6 is 0 Å². The fourth-order valence-corrected chi connectivity index (χ4v) is 7.53. The maximum Gasteiger partial charge on any atom is 0.324 e. The number of hydrogen-bond donors (Lipinski definition) is 4. The van der Waals surface area contributed by atoms with Crippen LogP contribution in [0.25, 0.3) is 0 Å². The molecule has 20 nitrogen and oxygen atoms in total. The molecule has 4 saturated heterocycles. The van der Waals surface area contributed by atoms with Gasteiger partial charge in [-0.1, -0.05) is 62.4 Å². The Morgan fingerprint density at radius 3 is 0.887 bits per heavy atom. The molecule has 4 N–H and O–H groups in total. The molecule has 4 heterocycles. The van der Waals surface area contributed by atoms with Crippen molar-refractivity contribution in [2.75, 3.05) is 0 Å². The Morgan fingerprint density at radius 1 is 0.435 bits per heavy atom. The van der Waals surface area contributed by atoms with Gasteiger partial charge in [0.1, 0.15) is 10.8 Å². The molecule has 2 aromatic carbocycles. The second kappa shape index (κ2) is 18.2. The fourth-order valence-electron chi connectivity index (χ4n) is 7.53. The summed E-state index contributed by atoms with van der Waals surface area (Å²) >= 11 is 0. The SMILES string of the molecule is CC1(c2ccc(C3(C)CC(=O)OC(=O)C3)cc2)CC(=O)OC(=O)C1.CC1(c2ccc(C3(C)CC(=O)OC3=O)cc2)CC(=O)OC1=O.O=C(O)CC(C(=O)O)C(CC(=O)O)C(=O)O. The average Bonchev–Trinajstić information content (AvgIpc) is 3.58. The summed E-state index contributed by atoms with van der Waals surface area (Å²) in [5.74, 6) is -14.1. The summed E-state index contributed by atoms with van der Waals surface area (Å²) in [6.45, 7) is 6.99. The Morgan fingerprint density at radius 2 is 0.677 bits per heavy atom. The van der Waals surface area contributed by atoms with Crippen LogP contribution in [0.5, 0.6) is 0 Å². The molecule has 20 heteroatoms. The van der Waals surface area contributed by atoms with E-state index in [1.165, 1.54) is 0 Å². The van der Waals surface area contributed by atoms with Gasteiger partial charge in [-0.05, 0) is 36.1 Å². The van der Waals surface area contributed by atoms with Gasteiger partial charge in [-0.15, -0.1) is 0 Å². The quantitative estimate of drug-likeness (QED) is 0.143. The maximum atomic E-state index is 11.8. The third kappa shape index (κ3) is 10.8. The Labute approximate surface area is 351 Å². The van der Waals surface area contributed by atoms with Crippen LogP contribution in [0.3, 0.4) is 0 Å². The highest BCUT2D eigenvalue weighted by molar-refractivity contribution is 6.02. The molecule has 4 aliphatic heterocycles. The monoisotopic (exact) mass is 866 g/mol. The van der Waals surface area contributed by atoms with Crippen LogP contribution in [0, 0.1) is 11.8 Å². The number of carbonyl (C=O) groups is 12. The molecule has 0 aromatic heterocycles. The van der Waals surface area contributed by atoms with E-state index in [1.807, 2.05) is 38.1 Å². The number of carboxylic acid groups (broad SMARTS) is 4. The molecule has 330 valence electrons. The summed E-state index contributed by atoms with van der Waals surface area (Å²) in [5, 5.41) is 34.1. The third-order valence-electron chi connectivity index (χ3n) is 11.3. The zero-order valence-corrected chi connectivity index (χ0v) is 33.8. The van der Waals surface area contributed by atoms with Gasteiger partial charge in [0.25, 0.3) is 0 Å². The van der Waals surface area contributed by atoms with Crippen molar-refractivity contribution >= 4 is 71.6 Å². The lowest BCUT2D eigenvalue weighted by Gasteiger charge is -2.34. The largest absolute Gasteiger partial charge is 0.481 e. The molecule has 4 atom stereocenters. The summed E-state index contributed by atoms with van der Waals surface area (Å²) in [4.78, 5) is 135. The van der Waals surface area contributed by atoms with E-state index in [4.69, 9.17) is 20.4 Å². The zero-order chi connectivity index (χ0) is 46.5. The highest BCUT2D eigenvalue weighted by Crippen LogP contribution is 2.40. The lowest BCUT2D eigenvalue weighted by Crippen LogP contribution is -2.38. The number of cyclic esters (lactones) is 8. The van der Waals surface area contributed by atoms with E-state index in [-0.39, 0.29) is 38.5 Å². The first-order valence-electron chi connectivity index (χ1n) is 18.8. The van der Waals surface area contributed by atoms with Gasteiger partial charge in [0.05, 0.1) is 63.2 Å². The first-order valence-corrected chi connectivity index (χ1v) is 18.8. The van der Waals surface area contributed by atoms with Crippen LogP contribution in [-0.4, -0.2) is 92.1 Å². The molecule has 0 bridgehead atoms. The molecule has 4 fully saturated rings. The van der Waals surface area contributed by atoms with Gasteiger partial charge in [-0.3, -0.25) is 57.5 Å². The van der Waals surface area contributed by atoms with E-state index in [2.05, 4.69) is 18.9 Å². The normalized spacial score (nSPS) is 23.5. The number of carbonyl (C=O) groups excluding carboxylic acids is 8. The number of ether oxygens (including phenoxy) is 4. The molecule has 0 amide bonds. The average molecular weight is 867 g/mol. The van der Waals surface area contributed by atoms with Crippen LogP contribution < -0.4 is 0 Å². The molecule has 0 spiro atoms. The van der Waals surface area contributed by atoms with Crippen LogP contribution in [0.15, 0.2) is 48.5 Å². The van der Waals surface area contributed by atoms with Crippen LogP contribution in [0.2, 0.25) is 0 Å². The first kappa shape index (κ1) is 47.6. The van der Waals surface area contributed by atoms with Crippen molar-refractivity contribution in [2.45, 2.75) is 101 Å². The summed E-state index contributed by atoms with van der Waals surface area (Å²) in [5.41, 5.74) is -0.262. The second-order valence-electron chi connectivity index (χ2n) is 16.3. The van der Waals surface area contributed by atoms with Crippen LogP contribution in [0.4, 0.5) is 0 Å². The molecule has 62 heavy (non-hydrogen) atoms. The third-order valence-corrected chi connectivity index (χ3v) is 11.3. The number of hydrogen-bond acceptors (Lipinski definition) is 16. The van der Waals surface area contributed by atoms with Crippen molar-refractivity contribution in [3.8, 4) is 0 Å². The summed E-state index contributed by atoms with van der Waals surface area (Å²) in [7, 11) is 0. The van der Waals surface area contributed by atoms with Gasteiger partial charge in [0, 0.05) is 10.8 Å². The van der Waals surface area contributed by atoms with Gasteiger partial charge in [0.15, 0.2) is 0 Å². The molecule has 4 unspecified atom stereocenters. The van der Waals surface area contributed by atoms with Crippen molar-refractivity contribution in [1.29, 1.82) is 0 Å². The minimum Gasteiger partial charge on any atom is -0.481 e. The number of benzene rings is 2. The smallest absolute Gasteiger partial charge is 0.324 e. The molecular formula is C42H42O20. The Balaban J connectivity index is 0.000000209. The lowest BCUT2D eigenvalue weighted by molar-refractivity contribution is -0.168. The van der Waals surface area contributed by atoms with E-state index < -0.39 is 118 Å². The van der Waals surface area contributed by atoms with E-state index >= 15 is 0 Å². The van der Waals surface area contributed by atoms with Gasteiger partial charge in [-0.25, -0.2) is 0 Å². The predicted molar refractivity (Wildman–Crippen MR) is 201 cm³/mol. The maximum absolute atomic E-state index is 11.8. The van der Waals surface area contributed by atoms with Crippen molar-refractivity contribution in [2.24, 2.45) is 11.8 Å². The number of carboxylic acids is 4. The minimum atomic E-state index is -1.76. The summed E-state index contributed by atoms with van der Waals surface area (Å²) in [6.07, 6.45) is -1.33. The number of rotatable bonds is 11. The molecule has 0 radical (unpaired) electrons. The van der Waals surface area contributed by atoms with E-state index in [0.717, 1.165) is 11.1 Å². The van der Waals surface area contributed by atoms with Crippen molar-refractivity contribution < 1.29 is 96.9 Å². The van der Waals surface area contributed by atoms with E-state index in [0.29, 0.717) is 11.1 Å². The molecule has 6 rings (SSSR count). The Hall–Kier alpha value is -7.12. The van der Waals surface area contributed by atoms with Crippen molar-refractivity contribution in [3.63, 3.8) is 0 Å². The molecular weight excluding hydrogens is 824 g/mol. The predicted octanol–water partition coefficient (Wildman–Crippen LogP) is 2.42. The molecule has 2 aromatic rings. The van der Waals surface area contributed by atoms with Crippen molar-refractivity contribution in [1.82, 2.24) is 0 Å². The zero-order valence-electron chi connectivity index (χ0n) is 33.8. The van der Waals surface area contributed by atoms with Gasteiger partial charge < -0.3 is 39.4 Å². The fraction of sp³-hybridized carbons (Fsp3) is 0.429. The number of esters is 8. The van der Waals surface area contributed by atoms with Gasteiger partial charge in [0.2, 0.25) is 0 Å². The highest BCUT2D eigenvalue weighted by atomic mass is 16.6. The molecule has 0 saturated carbocycles. The Kier molecular flexibility index (Phi) is 14.0. The minimum absolute atomic E-state index is 0.0109. The number of aliphatic carboxylic acids is 4. The van der Waals surface area contributed by atoms with Gasteiger partial charge in [-0.2, -0.15) is 0 Å². The van der Waals surface area contributed by atoms with Crippen LogP contribution in [-0.2, 0) is 98.1 Å². The summed E-state index contributed by atoms with van der Waals surface area (Å²) in [6, 6.07) is 14.1. The van der Waals surface area contributed by atoms with Crippen molar-refractivity contribution in [3.05, 3.63) is 70.8 Å². The molecule has 0 aliphatic carbocycles. The lowest BCUT2D eigenvalue weighted by atomic mass is 9.72. The van der Waals surface area contributed by atoms with Crippen LogP contribution in [0.1, 0.15) is 101 Å². The Bertz CT molecular complexity index is 2050. The summed E-state index contributed by atoms with van der Waals surface area (Å²) < 4.78 is 18.4. The van der Waals surface area contributed by atoms with E-state index in [9.17, 15) is 57.5 Å². The highest BCUT2D eigenvalue weighted by Gasteiger charge is 2.49. The standard InChI is InChI=1S/C18H18O6.C16H14O6.C8H10O8/c1-17(7-13(19)23-14(20)8-17)11-3-5-12(6-4-11)18(2)9-15(21)24-16(22)10-18;1-15(7-11(17)21-13(15)19)9-3-5-10(6-4-9)16(2)8-12(18)22-14(16)20;9-5(10)1-3(7(13)14)4(8(15)16)2-6(11)12/h3-6H,7-10H2,1-2H3;3-6H,7-8H2,1-2H3;3-4H,1-2H2,(H,9,10)(H,11,12)(H,13,14)(H,15,16). The molecule has 4 aliphatic rings.